The third kappa shape index (κ3) is 5.57. The Hall–Kier alpha value is -3.71. The molecule has 36 heavy (non-hydrogen) atoms. The van der Waals surface area contributed by atoms with Gasteiger partial charge in [0.05, 0.1) is 37.7 Å². The van der Waals surface area contributed by atoms with Gasteiger partial charge < -0.3 is 24.6 Å². The summed E-state index contributed by atoms with van der Waals surface area (Å²) in [6.45, 7) is 3.44. The summed E-state index contributed by atoms with van der Waals surface area (Å²) in [4.78, 5) is 11.2. The summed E-state index contributed by atoms with van der Waals surface area (Å²) >= 11 is 0. The number of aromatic nitrogens is 2. The molecule has 3 heterocycles. The van der Waals surface area contributed by atoms with Crippen molar-refractivity contribution < 1.29 is 19.3 Å². The lowest BCUT2D eigenvalue weighted by Gasteiger charge is -2.36. The molecule has 0 radical (unpaired) electrons. The normalized spacial score (nSPS) is 16.7. The Morgan fingerprint density at radius 1 is 1.14 bits per heavy atom. The third-order valence-corrected chi connectivity index (χ3v) is 6.39. The molecule has 0 aliphatic carbocycles. The average molecular weight is 488 g/mol. The molecule has 186 valence electrons. The topological polar surface area (TPSA) is 113 Å². The zero-order valence-electron chi connectivity index (χ0n) is 20.2. The fraction of sp³-hybridized carbons (Fsp3) is 0.370. The van der Waals surface area contributed by atoms with Crippen LogP contribution in [0.25, 0.3) is 11.3 Å². The summed E-state index contributed by atoms with van der Waals surface area (Å²) in [7, 11) is 1.65. The number of likely N-dealkylation sites (tertiary alicyclic amines) is 1. The van der Waals surface area contributed by atoms with Gasteiger partial charge in [0.25, 0.3) is 0 Å². The molecule has 3 aromatic rings. The maximum absolute atomic E-state index is 9.70. The first kappa shape index (κ1) is 24.0. The lowest BCUT2D eigenvalue weighted by Crippen LogP contribution is -2.49. The minimum Gasteiger partial charge on any atom is -0.496 e. The minimum absolute atomic E-state index is 0.0624. The monoisotopic (exact) mass is 487 g/mol. The molecule has 0 bridgehead atoms. The number of aliphatic hydroxyl groups is 1. The molecule has 5 rings (SSSR count). The van der Waals surface area contributed by atoms with Crippen molar-refractivity contribution in [1.29, 1.82) is 5.26 Å². The highest BCUT2D eigenvalue weighted by Crippen LogP contribution is 2.30. The van der Waals surface area contributed by atoms with Crippen molar-refractivity contribution >= 4 is 11.6 Å². The van der Waals surface area contributed by atoms with Gasteiger partial charge in [-0.3, -0.25) is 4.90 Å². The van der Waals surface area contributed by atoms with Crippen molar-refractivity contribution in [2.24, 2.45) is 0 Å². The van der Waals surface area contributed by atoms with Crippen LogP contribution in [-0.2, 0) is 11.3 Å². The molecule has 9 heteroatoms. The fourth-order valence-electron chi connectivity index (χ4n) is 4.43. The van der Waals surface area contributed by atoms with Crippen LogP contribution >= 0.6 is 0 Å². The van der Waals surface area contributed by atoms with Gasteiger partial charge in [-0.25, -0.2) is 9.97 Å². The average Bonchev–Trinajstić information content (AvgIpc) is 2.89. The van der Waals surface area contributed by atoms with Crippen LogP contribution in [0.5, 0.6) is 11.5 Å². The predicted octanol–water partition coefficient (Wildman–Crippen LogP) is 3.50. The molecule has 0 spiro atoms. The van der Waals surface area contributed by atoms with E-state index in [1.165, 1.54) is 0 Å². The van der Waals surface area contributed by atoms with E-state index in [1.54, 1.807) is 19.4 Å². The van der Waals surface area contributed by atoms with Crippen LogP contribution in [0, 0.1) is 11.3 Å². The number of nitriles is 1. The number of benzene rings is 2. The van der Waals surface area contributed by atoms with Gasteiger partial charge in [0, 0.05) is 61.6 Å². The fourth-order valence-corrected chi connectivity index (χ4v) is 4.43. The van der Waals surface area contributed by atoms with Crippen LogP contribution in [0.2, 0.25) is 0 Å². The van der Waals surface area contributed by atoms with E-state index < -0.39 is 0 Å². The second kappa shape index (κ2) is 10.9. The van der Waals surface area contributed by atoms with Gasteiger partial charge in [-0.15, -0.1) is 0 Å². The summed E-state index contributed by atoms with van der Waals surface area (Å²) in [5, 5.41) is 22.5. The number of nitrogens with one attached hydrogen (secondary N) is 1. The Morgan fingerprint density at radius 2 is 1.97 bits per heavy atom. The quantitative estimate of drug-likeness (QED) is 0.493. The minimum atomic E-state index is -0.235. The van der Waals surface area contributed by atoms with Crippen LogP contribution in [0.3, 0.4) is 0 Å². The second-order valence-corrected chi connectivity index (χ2v) is 9.02. The summed E-state index contributed by atoms with van der Waals surface area (Å²) in [5.41, 5.74) is 3.83. The number of hydrogen-bond acceptors (Lipinski definition) is 9. The summed E-state index contributed by atoms with van der Waals surface area (Å²) in [6, 6.07) is 15.5. The van der Waals surface area contributed by atoms with Crippen molar-refractivity contribution in [1.82, 2.24) is 14.9 Å². The number of rotatable bonds is 8. The first-order chi connectivity index (χ1) is 17.6. The number of methoxy groups -OCH3 is 1. The molecule has 0 amide bonds. The molecule has 2 fully saturated rings. The van der Waals surface area contributed by atoms with E-state index in [1.807, 2.05) is 36.4 Å². The van der Waals surface area contributed by atoms with E-state index in [-0.39, 0.29) is 12.2 Å². The lowest BCUT2D eigenvalue weighted by atomic mass is 10.1. The van der Waals surface area contributed by atoms with Gasteiger partial charge in [-0.1, -0.05) is 6.07 Å². The SMILES string of the molecule is COc1cc(Nc2nccc(-c3ccc(OC4CCOCC4)c(C#N)c3)n2)ccc1CN1CC(O)C1. The van der Waals surface area contributed by atoms with E-state index in [2.05, 4.69) is 26.3 Å². The van der Waals surface area contributed by atoms with E-state index in [9.17, 15) is 10.4 Å². The molecule has 0 atom stereocenters. The van der Waals surface area contributed by atoms with Crippen LogP contribution < -0.4 is 14.8 Å². The molecule has 9 nitrogen and oxygen atoms in total. The third-order valence-electron chi connectivity index (χ3n) is 6.39. The van der Waals surface area contributed by atoms with Gasteiger partial charge in [0.1, 0.15) is 23.7 Å². The highest BCUT2D eigenvalue weighted by atomic mass is 16.5. The van der Waals surface area contributed by atoms with Crippen LogP contribution in [-0.4, -0.2) is 65.6 Å². The van der Waals surface area contributed by atoms with E-state index >= 15 is 0 Å². The molecule has 0 unspecified atom stereocenters. The first-order valence-corrected chi connectivity index (χ1v) is 12.1. The van der Waals surface area contributed by atoms with Gasteiger partial charge in [0.15, 0.2) is 0 Å². The summed E-state index contributed by atoms with van der Waals surface area (Å²) < 4.78 is 17.0. The van der Waals surface area contributed by atoms with Crippen LogP contribution in [0.4, 0.5) is 11.6 Å². The van der Waals surface area contributed by atoms with Crippen LogP contribution in [0.15, 0.2) is 48.7 Å². The van der Waals surface area contributed by atoms with Crippen molar-refractivity contribution in [2.45, 2.75) is 31.6 Å². The Labute approximate surface area is 210 Å². The zero-order valence-corrected chi connectivity index (χ0v) is 20.2. The number of ether oxygens (including phenoxy) is 3. The maximum atomic E-state index is 9.70. The molecule has 2 aliphatic rings. The van der Waals surface area contributed by atoms with Crippen molar-refractivity contribution in [3.8, 4) is 28.8 Å². The van der Waals surface area contributed by atoms with E-state index in [0.717, 1.165) is 42.0 Å². The molecule has 1 aromatic heterocycles. The molecule has 2 saturated heterocycles. The smallest absolute Gasteiger partial charge is 0.227 e. The number of hydrogen-bond donors (Lipinski definition) is 2. The van der Waals surface area contributed by atoms with Crippen molar-refractivity contribution in [3.05, 3.63) is 59.8 Å². The Morgan fingerprint density at radius 3 is 2.72 bits per heavy atom. The van der Waals surface area contributed by atoms with Crippen LogP contribution in [0.1, 0.15) is 24.0 Å². The van der Waals surface area contributed by atoms with Crippen molar-refractivity contribution in [3.63, 3.8) is 0 Å². The second-order valence-electron chi connectivity index (χ2n) is 9.02. The molecule has 2 aromatic carbocycles. The Balaban J connectivity index is 1.30. The standard InChI is InChI=1S/C27H29N5O4/c1-34-26-13-21(4-2-19(26)15-32-16-22(33)17-32)30-27-29-9-6-24(31-27)18-3-5-25(20(12-18)14-28)36-23-7-10-35-11-8-23/h2-6,9,12-13,22-23,33H,7-8,10-11,15-17H2,1H3,(H,29,30,31). The highest BCUT2D eigenvalue weighted by molar-refractivity contribution is 5.66. The summed E-state index contributed by atoms with van der Waals surface area (Å²) in [5.74, 6) is 1.78. The van der Waals surface area contributed by atoms with Gasteiger partial charge >= 0.3 is 0 Å². The molecule has 2 N–H and O–H groups in total. The molecular weight excluding hydrogens is 458 g/mol. The van der Waals surface area contributed by atoms with Gasteiger partial charge in [-0.05, 0) is 30.3 Å². The van der Waals surface area contributed by atoms with E-state index in [4.69, 9.17) is 14.2 Å². The number of anilines is 2. The van der Waals surface area contributed by atoms with Gasteiger partial charge in [-0.2, -0.15) is 5.26 Å². The van der Waals surface area contributed by atoms with E-state index in [0.29, 0.717) is 49.3 Å². The first-order valence-electron chi connectivity index (χ1n) is 12.1. The zero-order chi connectivity index (χ0) is 24.9. The highest BCUT2D eigenvalue weighted by Gasteiger charge is 2.25. The number of aliphatic hydroxyl groups excluding tert-OH is 1. The molecule has 0 saturated carbocycles. The Kier molecular flexibility index (Phi) is 7.28. The van der Waals surface area contributed by atoms with Crippen molar-refractivity contribution in [2.75, 3.05) is 38.7 Å². The Bertz CT molecular complexity index is 1250. The molecule has 2 aliphatic heterocycles. The maximum Gasteiger partial charge on any atom is 0.227 e. The predicted molar refractivity (Wildman–Crippen MR) is 134 cm³/mol. The largest absolute Gasteiger partial charge is 0.496 e. The number of β-amino-alcohol motifs (C(OH)–C–C–N with tert-alkyl or cyclic N) is 1. The molecular formula is C27H29N5O4. The summed E-state index contributed by atoms with van der Waals surface area (Å²) in [6.07, 6.45) is 3.15. The number of nitrogens with zero attached hydrogens (tertiary/aromatic N) is 4. The van der Waals surface area contributed by atoms with Gasteiger partial charge in [0.2, 0.25) is 5.95 Å². The lowest BCUT2D eigenvalue weighted by molar-refractivity contribution is -0.00321.